The Morgan fingerprint density at radius 1 is 0.490 bits per heavy atom. The predicted molar refractivity (Wildman–Crippen MR) is 208 cm³/mol. The second-order valence-electron chi connectivity index (χ2n) is 12.6. The smallest absolute Gasteiger partial charge is 0.333 e. The molecule has 0 saturated heterocycles. The Hall–Kier alpha value is -7.16. The number of carbonyl (C=O) groups is 1. The van der Waals surface area contributed by atoms with Crippen molar-refractivity contribution in [2.45, 2.75) is 0 Å². The molecule has 7 aromatic carbocycles. The average Bonchev–Trinajstić information content (AvgIpc) is 3.70. The molecule has 240 valence electrons. The zero-order valence-electron chi connectivity index (χ0n) is 27.4. The van der Waals surface area contributed by atoms with E-state index in [1.54, 1.807) is 0 Å². The zero-order valence-corrected chi connectivity index (χ0v) is 27.4. The third-order valence-electron chi connectivity index (χ3n) is 9.71. The number of carboxylic acid groups (broad SMARTS) is 1. The van der Waals surface area contributed by atoms with Crippen molar-refractivity contribution < 1.29 is 9.90 Å². The highest BCUT2D eigenvalue weighted by molar-refractivity contribution is 6.11. The van der Waals surface area contributed by atoms with Crippen molar-refractivity contribution >= 4 is 55.7 Å². The number of fused-ring (bicyclic) bond motifs is 6. The first-order valence-electron chi connectivity index (χ1n) is 16.7. The van der Waals surface area contributed by atoms with Gasteiger partial charge in [-0.25, -0.2) is 4.85 Å². The van der Waals surface area contributed by atoms with E-state index >= 15 is 0 Å². The normalized spacial score (nSPS) is 11.8. The summed E-state index contributed by atoms with van der Waals surface area (Å²) in [6.07, 6.45) is 1.39. The molecule has 0 bridgehead atoms. The highest BCUT2D eigenvalue weighted by Crippen LogP contribution is 2.37. The fraction of sp³-hybridized carbons (Fsp3) is 0. The third-order valence-corrected chi connectivity index (χ3v) is 9.71. The van der Waals surface area contributed by atoms with E-state index in [0.29, 0.717) is 5.56 Å². The van der Waals surface area contributed by atoms with E-state index < -0.39 is 5.97 Å². The first kappa shape index (κ1) is 29.9. The lowest BCUT2D eigenvalue weighted by molar-refractivity contribution is -0.132. The Morgan fingerprint density at radius 3 is 1.41 bits per heavy atom. The van der Waals surface area contributed by atoms with Crippen LogP contribution in [0.2, 0.25) is 0 Å². The Morgan fingerprint density at radius 2 is 0.922 bits per heavy atom. The second-order valence-corrected chi connectivity index (χ2v) is 12.6. The number of hydrogen-bond donors (Lipinski definition) is 1. The summed E-state index contributed by atoms with van der Waals surface area (Å²) in [5.74, 6) is -1.23. The average molecular weight is 656 g/mol. The number of hydrogen-bond acceptors (Lipinski definition) is 1. The number of benzene rings is 7. The topological polar surface area (TPSA) is 51.5 Å². The van der Waals surface area contributed by atoms with Crippen molar-refractivity contribution in [2.75, 3.05) is 0 Å². The van der Waals surface area contributed by atoms with Gasteiger partial charge in [0.15, 0.2) is 0 Å². The molecule has 2 heterocycles. The van der Waals surface area contributed by atoms with Crippen LogP contribution in [-0.2, 0) is 4.79 Å². The largest absolute Gasteiger partial charge is 0.486 e. The van der Waals surface area contributed by atoms with Gasteiger partial charge in [-0.3, -0.25) is 4.79 Å². The standard InChI is InChI=1S/C46H29N3O2/c1-47-41(46(50)51)27-30-15-23-36(24-16-30)49-43-14-8-6-12-38(43)40-29-34(22-26-45(40)49)32-19-17-31(18-20-32)33-21-25-44-39(28-33)37-11-5-7-13-42(37)48(44)35-9-3-2-4-10-35/h2-29H,(H,50,51). The molecule has 0 aliphatic rings. The van der Waals surface area contributed by atoms with Crippen molar-refractivity contribution in [1.29, 1.82) is 0 Å². The molecule has 51 heavy (non-hydrogen) atoms. The number of carboxylic acids is 1. The van der Waals surface area contributed by atoms with E-state index in [1.165, 1.54) is 39.0 Å². The molecule has 0 radical (unpaired) electrons. The minimum Gasteiger partial charge on any atom is -0.486 e. The summed E-state index contributed by atoms with van der Waals surface area (Å²) >= 11 is 0. The van der Waals surface area contributed by atoms with Crippen molar-refractivity contribution in [1.82, 2.24) is 9.13 Å². The molecule has 0 fully saturated rings. The van der Waals surface area contributed by atoms with Crippen LogP contribution >= 0.6 is 0 Å². The molecule has 5 heteroatoms. The maximum atomic E-state index is 11.3. The molecular formula is C46H29N3O2. The van der Waals surface area contributed by atoms with Crippen LogP contribution in [0.25, 0.3) is 88.2 Å². The second kappa shape index (κ2) is 12.1. The van der Waals surface area contributed by atoms with Crippen molar-refractivity contribution in [3.63, 3.8) is 0 Å². The van der Waals surface area contributed by atoms with Gasteiger partial charge < -0.3 is 14.2 Å². The minimum absolute atomic E-state index is 0.312. The lowest BCUT2D eigenvalue weighted by Crippen LogP contribution is -1.96. The molecular weight excluding hydrogens is 627 g/mol. The quantitative estimate of drug-likeness (QED) is 0.143. The van der Waals surface area contributed by atoms with Crippen LogP contribution in [0.1, 0.15) is 5.56 Å². The molecule has 0 spiro atoms. The van der Waals surface area contributed by atoms with E-state index in [4.69, 9.17) is 6.57 Å². The molecule has 9 aromatic rings. The summed E-state index contributed by atoms with van der Waals surface area (Å²) < 4.78 is 4.56. The maximum Gasteiger partial charge on any atom is 0.333 e. The van der Waals surface area contributed by atoms with Crippen LogP contribution in [-0.4, -0.2) is 20.2 Å². The van der Waals surface area contributed by atoms with Gasteiger partial charge in [0.25, 0.3) is 5.70 Å². The SMILES string of the molecule is [C-]#[N+]C(=Cc1ccc(-n2c3ccccc3c3cc(-c4ccc(-c5ccc6c(c5)c5ccccc5n6-c5ccccc5)cc4)ccc32)cc1)C(=O)O. The van der Waals surface area contributed by atoms with E-state index in [-0.39, 0.29) is 5.70 Å². The van der Waals surface area contributed by atoms with E-state index in [2.05, 4.69) is 147 Å². The van der Waals surface area contributed by atoms with Crippen LogP contribution in [0.3, 0.4) is 0 Å². The van der Waals surface area contributed by atoms with E-state index in [9.17, 15) is 9.90 Å². The third kappa shape index (κ3) is 5.06. The molecule has 9 rings (SSSR count). The van der Waals surface area contributed by atoms with Gasteiger partial charge >= 0.3 is 5.97 Å². The zero-order chi connectivity index (χ0) is 34.5. The summed E-state index contributed by atoms with van der Waals surface area (Å²) in [5, 5.41) is 14.0. The van der Waals surface area contributed by atoms with Crippen LogP contribution in [0, 0.1) is 6.57 Å². The van der Waals surface area contributed by atoms with Crippen molar-refractivity contribution in [2.24, 2.45) is 0 Å². The minimum atomic E-state index is -1.23. The summed E-state index contributed by atoms with van der Waals surface area (Å²) in [7, 11) is 0. The number of nitrogens with zero attached hydrogens (tertiary/aromatic N) is 3. The van der Waals surface area contributed by atoms with Crippen molar-refractivity contribution in [3.8, 4) is 33.6 Å². The van der Waals surface area contributed by atoms with Gasteiger partial charge in [-0.2, -0.15) is 0 Å². The molecule has 0 atom stereocenters. The number of rotatable bonds is 6. The molecule has 1 N–H and O–H groups in total. The fourth-order valence-electron chi connectivity index (χ4n) is 7.31. The van der Waals surface area contributed by atoms with Crippen LogP contribution in [0.4, 0.5) is 0 Å². The van der Waals surface area contributed by atoms with E-state index in [0.717, 1.165) is 44.3 Å². The Labute approximate surface area is 294 Å². The van der Waals surface area contributed by atoms with Gasteiger partial charge in [0, 0.05) is 32.9 Å². The van der Waals surface area contributed by atoms with Gasteiger partial charge in [-0.1, -0.05) is 103 Å². The summed E-state index contributed by atoms with van der Waals surface area (Å²) in [5.41, 5.74) is 11.6. The van der Waals surface area contributed by atoms with Crippen LogP contribution in [0.15, 0.2) is 169 Å². The number of aliphatic carboxylic acids is 1. The first-order valence-corrected chi connectivity index (χ1v) is 16.7. The van der Waals surface area contributed by atoms with Crippen LogP contribution < -0.4 is 0 Å². The Kier molecular flexibility index (Phi) is 7.08. The fourth-order valence-corrected chi connectivity index (χ4v) is 7.31. The van der Waals surface area contributed by atoms with E-state index in [1.807, 2.05) is 30.3 Å². The number of para-hydroxylation sites is 3. The Bertz CT molecular complexity index is 2870. The lowest BCUT2D eigenvalue weighted by atomic mass is 9.98. The lowest BCUT2D eigenvalue weighted by Gasteiger charge is -2.10. The molecule has 0 aliphatic carbocycles. The number of aromatic nitrogens is 2. The molecule has 2 aromatic heterocycles. The monoisotopic (exact) mass is 655 g/mol. The van der Waals surface area contributed by atoms with Gasteiger partial charge in [0.2, 0.25) is 0 Å². The molecule has 0 amide bonds. The van der Waals surface area contributed by atoms with Gasteiger partial charge in [0.1, 0.15) is 0 Å². The summed E-state index contributed by atoms with van der Waals surface area (Å²) in [6, 6.07) is 57.3. The molecule has 0 aliphatic heterocycles. The molecule has 0 saturated carbocycles. The summed E-state index contributed by atoms with van der Waals surface area (Å²) in [4.78, 5) is 14.5. The summed E-state index contributed by atoms with van der Waals surface area (Å²) in [6.45, 7) is 7.15. The Balaban J connectivity index is 1.08. The van der Waals surface area contributed by atoms with Crippen molar-refractivity contribution in [3.05, 3.63) is 186 Å². The first-order chi connectivity index (χ1) is 25.1. The van der Waals surface area contributed by atoms with Gasteiger partial charge in [-0.15, -0.1) is 0 Å². The van der Waals surface area contributed by atoms with Gasteiger partial charge in [0.05, 0.1) is 28.6 Å². The maximum absolute atomic E-state index is 11.3. The molecule has 0 unspecified atom stereocenters. The predicted octanol–water partition coefficient (Wildman–Crippen LogP) is 11.6. The van der Waals surface area contributed by atoms with Gasteiger partial charge in [-0.05, 0) is 94.6 Å². The van der Waals surface area contributed by atoms with Crippen LogP contribution in [0.5, 0.6) is 0 Å². The molecule has 5 nitrogen and oxygen atoms in total. The highest BCUT2D eigenvalue weighted by Gasteiger charge is 2.15. The highest BCUT2D eigenvalue weighted by atomic mass is 16.4.